The first-order valence-electron chi connectivity index (χ1n) is 9.70. The highest BCUT2D eigenvalue weighted by atomic mass is 32.2. The van der Waals surface area contributed by atoms with Crippen molar-refractivity contribution in [3.8, 4) is 5.75 Å². The zero-order valence-electron chi connectivity index (χ0n) is 17.4. The Morgan fingerprint density at radius 2 is 1.48 bits per heavy atom. The van der Waals surface area contributed by atoms with Crippen LogP contribution in [-0.2, 0) is 24.8 Å². The lowest BCUT2D eigenvalue weighted by Crippen LogP contribution is -2.40. The van der Waals surface area contributed by atoms with Crippen LogP contribution in [0.1, 0.15) is 11.7 Å². The van der Waals surface area contributed by atoms with Crippen molar-refractivity contribution < 1.29 is 26.3 Å². The Bertz CT molecular complexity index is 1070. The summed E-state index contributed by atoms with van der Waals surface area (Å²) in [5.74, 6) is 0.665. The minimum Gasteiger partial charge on any atom is -0.492 e. The van der Waals surface area contributed by atoms with Crippen molar-refractivity contribution in [3.63, 3.8) is 0 Å². The number of nitrogens with zero attached hydrogens (tertiary/aromatic N) is 1. The van der Waals surface area contributed by atoms with Gasteiger partial charge in [-0.2, -0.15) is 0 Å². The van der Waals surface area contributed by atoms with Crippen LogP contribution in [0.2, 0.25) is 0 Å². The molecule has 1 unspecified atom stereocenters. The number of sulfonamides is 2. The van der Waals surface area contributed by atoms with E-state index in [0.29, 0.717) is 36.9 Å². The molecule has 0 radical (unpaired) electrons. The van der Waals surface area contributed by atoms with E-state index in [1.807, 2.05) is 12.1 Å². The summed E-state index contributed by atoms with van der Waals surface area (Å²) in [5.41, 5.74) is 1.99. The number of benzene rings is 2. The molecule has 9 nitrogen and oxygen atoms in total. The Morgan fingerprint density at radius 3 is 2.03 bits per heavy atom. The molecule has 0 aromatic heterocycles. The summed E-state index contributed by atoms with van der Waals surface area (Å²) < 4.78 is 61.7. The van der Waals surface area contributed by atoms with Crippen molar-refractivity contribution in [1.29, 1.82) is 0 Å². The molecule has 0 amide bonds. The average molecular weight is 470 g/mol. The fourth-order valence-corrected chi connectivity index (χ4v) is 4.34. The van der Waals surface area contributed by atoms with Crippen molar-refractivity contribution in [3.05, 3.63) is 54.1 Å². The van der Waals surface area contributed by atoms with E-state index >= 15 is 0 Å². The number of anilines is 2. The van der Waals surface area contributed by atoms with Gasteiger partial charge in [0.05, 0.1) is 25.2 Å². The van der Waals surface area contributed by atoms with E-state index in [9.17, 15) is 16.8 Å². The molecule has 11 heteroatoms. The number of nitrogens with one attached hydrogen (secondary N) is 2. The zero-order chi connectivity index (χ0) is 22.5. The van der Waals surface area contributed by atoms with Gasteiger partial charge in [0.2, 0.25) is 20.0 Å². The van der Waals surface area contributed by atoms with Gasteiger partial charge in [0.25, 0.3) is 0 Å². The molecule has 2 aromatic carbocycles. The third-order valence-electron chi connectivity index (χ3n) is 4.57. The van der Waals surface area contributed by atoms with Crippen molar-refractivity contribution >= 4 is 31.4 Å². The summed E-state index contributed by atoms with van der Waals surface area (Å²) in [4.78, 5) is 2.25. The maximum Gasteiger partial charge on any atom is 0.229 e. The molecule has 1 fully saturated rings. The van der Waals surface area contributed by atoms with Crippen LogP contribution in [0, 0.1) is 0 Å². The average Bonchev–Trinajstić information content (AvgIpc) is 2.68. The highest BCUT2D eigenvalue weighted by Gasteiger charge is 2.22. The maximum atomic E-state index is 11.3. The summed E-state index contributed by atoms with van der Waals surface area (Å²) in [7, 11) is -6.60. The first kappa shape index (κ1) is 23.3. The van der Waals surface area contributed by atoms with Gasteiger partial charge in [-0.3, -0.25) is 14.3 Å². The molecule has 0 spiro atoms. The predicted octanol–water partition coefficient (Wildman–Crippen LogP) is 1.88. The second-order valence-electron chi connectivity index (χ2n) is 7.40. The van der Waals surface area contributed by atoms with Gasteiger partial charge in [0, 0.05) is 31.0 Å². The minimum atomic E-state index is -3.30. The molecule has 1 saturated heterocycles. The van der Waals surface area contributed by atoms with Crippen LogP contribution in [0.3, 0.4) is 0 Å². The molecule has 170 valence electrons. The highest BCUT2D eigenvalue weighted by molar-refractivity contribution is 7.92. The summed E-state index contributed by atoms with van der Waals surface area (Å²) in [5, 5.41) is 0. The number of ether oxygens (including phenoxy) is 2. The molecule has 2 N–H and O–H groups in total. The number of morpholine rings is 1. The van der Waals surface area contributed by atoms with E-state index in [1.165, 1.54) is 0 Å². The van der Waals surface area contributed by atoms with Crippen LogP contribution in [-0.4, -0.2) is 67.1 Å². The van der Waals surface area contributed by atoms with E-state index < -0.39 is 20.0 Å². The van der Waals surface area contributed by atoms with Gasteiger partial charge in [0.1, 0.15) is 12.4 Å². The molecule has 2 aromatic rings. The molecule has 3 rings (SSSR count). The van der Waals surface area contributed by atoms with Crippen molar-refractivity contribution in [2.45, 2.75) is 6.10 Å². The molecule has 1 heterocycles. The van der Waals surface area contributed by atoms with E-state index in [2.05, 4.69) is 14.3 Å². The number of hydrogen-bond acceptors (Lipinski definition) is 7. The minimum absolute atomic E-state index is 0.0950. The van der Waals surface area contributed by atoms with Crippen LogP contribution in [0.5, 0.6) is 5.75 Å². The Hall–Kier alpha value is -2.34. The van der Waals surface area contributed by atoms with Crippen molar-refractivity contribution in [2.24, 2.45) is 0 Å². The molecule has 0 bridgehead atoms. The molecule has 1 atom stereocenters. The smallest absolute Gasteiger partial charge is 0.229 e. The Morgan fingerprint density at radius 1 is 0.935 bits per heavy atom. The van der Waals surface area contributed by atoms with Gasteiger partial charge in [-0.05, 0) is 42.0 Å². The Labute approximate surface area is 183 Å². The predicted molar refractivity (Wildman–Crippen MR) is 120 cm³/mol. The lowest BCUT2D eigenvalue weighted by molar-refractivity contribution is -0.0329. The standard InChI is InChI=1S/C20H27N3O6S2/c1-30(24,25)21-17-5-3-16(4-6-17)20-15-23(12-14-29-20)11-13-28-19-9-7-18(8-10-19)22-31(2,26)27/h3-10,20-22H,11-15H2,1-2H3. The molecule has 1 aliphatic heterocycles. The summed E-state index contributed by atoms with van der Waals surface area (Å²) in [6, 6.07) is 13.9. The molecule has 0 aliphatic carbocycles. The van der Waals surface area contributed by atoms with Gasteiger partial charge in [-0.15, -0.1) is 0 Å². The molecule has 31 heavy (non-hydrogen) atoms. The Balaban J connectivity index is 1.48. The fraction of sp³-hybridized carbons (Fsp3) is 0.400. The van der Waals surface area contributed by atoms with E-state index in [0.717, 1.165) is 31.2 Å². The van der Waals surface area contributed by atoms with E-state index in [1.54, 1.807) is 36.4 Å². The monoisotopic (exact) mass is 469 g/mol. The molecular formula is C20H27N3O6S2. The van der Waals surface area contributed by atoms with Gasteiger partial charge in [-0.1, -0.05) is 12.1 Å². The Kier molecular flexibility index (Phi) is 7.42. The zero-order valence-corrected chi connectivity index (χ0v) is 19.1. The topological polar surface area (TPSA) is 114 Å². The molecular weight excluding hydrogens is 442 g/mol. The van der Waals surface area contributed by atoms with Crippen LogP contribution >= 0.6 is 0 Å². The largest absolute Gasteiger partial charge is 0.492 e. The molecule has 0 saturated carbocycles. The van der Waals surface area contributed by atoms with E-state index in [-0.39, 0.29) is 6.10 Å². The summed E-state index contributed by atoms with van der Waals surface area (Å²) in [6.45, 7) is 3.31. The quantitative estimate of drug-likeness (QED) is 0.576. The van der Waals surface area contributed by atoms with Crippen LogP contribution in [0.15, 0.2) is 48.5 Å². The number of rotatable bonds is 9. The second kappa shape index (κ2) is 9.86. The molecule has 1 aliphatic rings. The second-order valence-corrected chi connectivity index (χ2v) is 10.9. The van der Waals surface area contributed by atoms with Gasteiger partial charge >= 0.3 is 0 Å². The maximum absolute atomic E-state index is 11.3. The lowest BCUT2D eigenvalue weighted by Gasteiger charge is -2.33. The third kappa shape index (κ3) is 8.02. The van der Waals surface area contributed by atoms with Gasteiger partial charge in [-0.25, -0.2) is 16.8 Å². The third-order valence-corrected chi connectivity index (χ3v) is 5.78. The summed E-state index contributed by atoms with van der Waals surface area (Å²) >= 11 is 0. The highest BCUT2D eigenvalue weighted by Crippen LogP contribution is 2.24. The van der Waals surface area contributed by atoms with Crippen LogP contribution in [0.4, 0.5) is 11.4 Å². The first-order valence-corrected chi connectivity index (χ1v) is 13.5. The van der Waals surface area contributed by atoms with Crippen LogP contribution in [0.25, 0.3) is 0 Å². The van der Waals surface area contributed by atoms with Crippen molar-refractivity contribution in [1.82, 2.24) is 4.90 Å². The van der Waals surface area contributed by atoms with Crippen molar-refractivity contribution in [2.75, 3.05) is 54.8 Å². The summed E-state index contributed by atoms with van der Waals surface area (Å²) in [6.07, 6.45) is 2.13. The lowest BCUT2D eigenvalue weighted by atomic mass is 10.1. The fourth-order valence-electron chi connectivity index (χ4n) is 3.21. The first-order chi connectivity index (χ1) is 14.6. The van der Waals surface area contributed by atoms with Crippen LogP contribution < -0.4 is 14.2 Å². The van der Waals surface area contributed by atoms with Gasteiger partial charge < -0.3 is 9.47 Å². The number of hydrogen-bond donors (Lipinski definition) is 2. The van der Waals surface area contributed by atoms with E-state index in [4.69, 9.17) is 9.47 Å². The van der Waals surface area contributed by atoms with Gasteiger partial charge in [0.15, 0.2) is 0 Å². The normalized spacial score (nSPS) is 17.8. The SMILES string of the molecule is CS(=O)(=O)Nc1ccc(OCCN2CCOC(c3ccc(NS(C)(=O)=O)cc3)C2)cc1.